The fourth-order valence-corrected chi connectivity index (χ4v) is 2.03. The molecule has 16 heavy (non-hydrogen) atoms. The maximum absolute atomic E-state index is 11.5. The Bertz CT molecular complexity index is 402. The summed E-state index contributed by atoms with van der Waals surface area (Å²) >= 11 is 0. The van der Waals surface area contributed by atoms with Gasteiger partial charge in [-0.05, 0) is 5.56 Å². The van der Waals surface area contributed by atoms with E-state index >= 15 is 0 Å². The van der Waals surface area contributed by atoms with Crippen LogP contribution < -0.4 is 5.32 Å². The number of esters is 1. The molecule has 0 saturated carbocycles. The molecule has 0 unspecified atom stereocenters. The van der Waals surface area contributed by atoms with Gasteiger partial charge in [-0.2, -0.15) is 0 Å². The molecule has 1 fully saturated rings. The molecule has 1 amide bonds. The number of rotatable bonds is 2. The Morgan fingerprint density at radius 3 is 2.69 bits per heavy atom. The quantitative estimate of drug-likeness (QED) is 0.588. The van der Waals surface area contributed by atoms with Crippen molar-refractivity contribution >= 4 is 11.9 Å². The van der Waals surface area contributed by atoms with Crippen molar-refractivity contribution in [2.75, 3.05) is 13.7 Å². The van der Waals surface area contributed by atoms with E-state index < -0.39 is 11.9 Å². The van der Waals surface area contributed by atoms with Gasteiger partial charge in [-0.25, -0.2) is 0 Å². The van der Waals surface area contributed by atoms with E-state index in [0.717, 1.165) is 5.56 Å². The Balaban J connectivity index is 2.28. The zero-order valence-electron chi connectivity index (χ0n) is 8.97. The lowest BCUT2D eigenvalue weighted by Crippen LogP contribution is -2.28. The van der Waals surface area contributed by atoms with Crippen molar-refractivity contribution in [2.24, 2.45) is 5.92 Å². The van der Waals surface area contributed by atoms with E-state index in [2.05, 4.69) is 10.1 Å². The molecule has 1 aromatic rings. The molecular formula is C12H13NO3. The highest BCUT2D eigenvalue weighted by Gasteiger charge is 2.41. The molecule has 1 aromatic carbocycles. The fourth-order valence-electron chi connectivity index (χ4n) is 2.03. The van der Waals surface area contributed by atoms with Crippen LogP contribution in [-0.4, -0.2) is 25.5 Å². The average Bonchev–Trinajstić information content (AvgIpc) is 2.71. The Labute approximate surface area is 93.6 Å². The first-order valence-corrected chi connectivity index (χ1v) is 5.14. The first-order valence-electron chi connectivity index (χ1n) is 5.14. The van der Waals surface area contributed by atoms with Gasteiger partial charge in [0.2, 0.25) is 5.91 Å². The van der Waals surface area contributed by atoms with Crippen LogP contribution in [0.2, 0.25) is 0 Å². The first kappa shape index (κ1) is 10.7. The predicted molar refractivity (Wildman–Crippen MR) is 57.7 cm³/mol. The SMILES string of the molecule is COC(=O)[C@H]1C(=O)NC[C@@H]1c1ccccc1. The van der Waals surface area contributed by atoms with Crippen LogP contribution in [0, 0.1) is 5.92 Å². The summed E-state index contributed by atoms with van der Waals surface area (Å²) in [5.74, 6) is -1.56. The maximum Gasteiger partial charge on any atom is 0.318 e. The van der Waals surface area contributed by atoms with Gasteiger partial charge in [0.25, 0.3) is 0 Å². The smallest absolute Gasteiger partial charge is 0.318 e. The Kier molecular flexibility index (Phi) is 2.90. The number of hydrogen-bond acceptors (Lipinski definition) is 3. The van der Waals surface area contributed by atoms with Crippen molar-refractivity contribution in [3.63, 3.8) is 0 Å². The van der Waals surface area contributed by atoms with Crippen LogP contribution in [0.4, 0.5) is 0 Å². The molecule has 0 aromatic heterocycles. The van der Waals surface area contributed by atoms with Crippen molar-refractivity contribution in [3.8, 4) is 0 Å². The monoisotopic (exact) mass is 219 g/mol. The third kappa shape index (κ3) is 1.78. The predicted octanol–water partition coefficient (Wildman–Crippen LogP) is 0.689. The van der Waals surface area contributed by atoms with E-state index in [-0.39, 0.29) is 11.8 Å². The van der Waals surface area contributed by atoms with Gasteiger partial charge in [0, 0.05) is 12.5 Å². The number of benzene rings is 1. The largest absolute Gasteiger partial charge is 0.468 e. The Morgan fingerprint density at radius 1 is 1.38 bits per heavy atom. The average molecular weight is 219 g/mol. The van der Waals surface area contributed by atoms with Crippen LogP contribution in [0.3, 0.4) is 0 Å². The molecule has 1 aliphatic heterocycles. The summed E-state index contributed by atoms with van der Waals surface area (Å²) < 4.78 is 4.66. The van der Waals surface area contributed by atoms with Gasteiger partial charge in [-0.15, -0.1) is 0 Å². The molecule has 2 atom stereocenters. The van der Waals surface area contributed by atoms with Crippen molar-refractivity contribution in [1.82, 2.24) is 5.32 Å². The molecule has 4 heteroatoms. The van der Waals surface area contributed by atoms with Crippen LogP contribution in [0.25, 0.3) is 0 Å². The highest BCUT2D eigenvalue weighted by molar-refractivity contribution is 6.00. The lowest BCUT2D eigenvalue weighted by atomic mass is 9.89. The van der Waals surface area contributed by atoms with Gasteiger partial charge >= 0.3 is 5.97 Å². The molecule has 0 radical (unpaired) electrons. The Morgan fingerprint density at radius 2 is 2.06 bits per heavy atom. The van der Waals surface area contributed by atoms with Crippen molar-refractivity contribution < 1.29 is 14.3 Å². The number of carbonyl (C=O) groups is 2. The second kappa shape index (κ2) is 4.35. The maximum atomic E-state index is 11.5. The zero-order valence-corrected chi connectivity index (χ0v) is 8.97. The van der Waals surface area contributed by atoms with Gasteiger partial charge < -0.3 is 10.1 Å². The fraction of sp³-hybridized carbons (Fsp3) is 0.333. The van der Waals surface area contributed by atoms with Crippen LogP contribution in [0.15, 0.2) is 30.3 Å². The first-order chi connectivity index (χ1) is 7.74. The normalized spacial score (nSPS) is 23.9. The number of nitrogens with one attached hydrogen (secondary N) is 1. The van der Waals surface area contributed by atoms with Crippen molar-refractivity contribution in [1.29, 1.82) is 0 Å². The second-order valence-electron chi connectivity index (χ2n) is 3.76. The van der Waals surface area contributed by atoms with E-state index in [4.69, 9.17) is 0 Å². The zero-order chi connectivity index (χ0) is 11.5. The van der Waals surface area contributed by atoms with Gasteiger partial charge in [0.1, 0.15) is 5.92 Å². The third-order valence-corrected chi connectivity index (χ3v) is 2.86. The van der Waals surface area contributed by atoms with Crippen molar-refractivity contribution in [2.45, 2.75) is 5.92 Å². The van der Waals surface area contributed by atoms with E-state index in [0.29, 0.717) is 6.54 Å². The summed E-state index contributed by atoms with van der Waals surface area (Å²) in [6, 6.07) is 9.53. The molecule has 84 valence electrons. The minimum absolute atomic E-state index is 0.124. The van der Waals surface area contributed by atoms with E-state index in [9.17, 15) is 9.59 Å². The van der Waals surface area contributed by atoms with E-state index in [1.807, 2.05) is 30.3 Å². The molecule has 0 spiro atoms. The molecule has 4 nitrogen and oxygen atoms in total. The molecule has 1 heterocycles. The van der Waals surface area contributed by atoms with Gasteiger partial charge in [-0.3, -0.25) is 9.59 Å². The second-order valence-corrected chi connectivity index (χ2v) is 3.76. The molecular weight excluding hydrogens is 206 g/mol. The number of amides is 1. The number of ether oxygens (including phenoxy) is 1. The summed E-state index contributed by atoms with van der Waals surface area (Å²) in [4.78, 5) is 23.1. The number of methoxy groups -OCH3 is 1. The topological polar surface area (TPSA) is 55.4 Å². The van der Waals surface area contributed by atoms with E-state index in [1.165, 1.54) is 7.11 Å². The molecule has 2 rings (SSSR count). The molecule has 0 aliphatic carbocycles. The summed E-state index contributed by atoms with van der Waals surface area (Å²) in [6.07, 6.45) is 0. The van der Waals surface area contributed by atoms with Crippen LogP contribution in [0.1, 0.15) is 11.5 Å². The molecule has 1 aliphatic rings. The summed E-state index contributed by atoms with van der Waals surface area (Å²) in [6.45, 7) is 0.489. The minimum Gasteiger partial charge on any atom is -0.468 e. The standard InChI is InChI=1S/C12H13NO3/c1-16-12(15)10-9(7-13-11(10)14)8-5-3-2-4-6-8/h2-6,9-10H,7H2,1H3,(H,13,14)/t9-,10-/m1/s1. The highest BCUT2D eigenvalue weighted by atomic mass is 16.5. The number of carbonyl (C=O) groups excluding carboxylic acids is 2. The van der Waals surface area contributed by atoms with Crippen LogP contribution in [0.5, 0.6) is 0 Å². The van der Waals surface area contributed by atoms with Gasteiger partial charge in [0.05, 0.1) is 7.11 Å². The van der Waals surface area contributed by atoms with Gasteiger partial charge in [0.15, 0.2) is 0 Å². The van der Waals surface area contributed by atoms with Crippen LogP contribution >= 0.6 is 0 Å². The molecule has 1 saturated heterocycles. The lowest BCUT2D eigenvalue weighted by molar-refractivity contribution is -0.149. The van der Waals surface area contributed by atoms with Crippen molar-refractivity contribution in [3.05, 3.63) is 35.9 Å². The highest BCUT2D eigenvalue weighted by Crippen LogP contribution is 2.29. The van der Waals surface area contributed by atoms with Crippen LogP contribution in [-0.2, 0) is 14.3 Å². The number of hydrogen-bond donors (Lipinski definition) is 1. The van der Waals surface area contributed by atoms with Gasteiger partial charge in [-0.1, -0.05) is 30.3 Å². The lowest BCUT2D eigenvalue weighted by Gasteiger charge is -2.14. The molecule has 1 N–H and O–H groups in total. The van der Waals surface area contributed by atoms with E-state index in [1.54, 1.807) is 0 Å². The molecule has 0 bridgehead atoms. The summed E-state index contributed by atoms with van der Waals surface area (Å²) in [5.41, 5.74) is 0.983. The summed E-state index contributed by atoms with van der Waals surface area (Å²) in [7, 11) is 1.30. The minimum atomic E-state index is -0.715. The Hall–Kier alpha value is -1.84. The summed E-state index contributed by atoms with van der Waals surface area (Å²) in [5, 5.41) is 2.69. The third-order valence-electron chi connectivity index (χ3n) is 2.86.